The summed E-state index contributed by atoms with van der Waals surface area (Å²) in [6, 6.07) is -3.89. The molecule has 0 aliphatic carbocycles. The van der Waals surface area contributed by atoms with Gasteiger partial charge in [0.15, 0.2) is 0 Å². The third-order valence-corrected chi connectivity index (χ3v) is 3.81. The molecule has 0 aromatic carbocycles. The Morgan fingerprint density at radius 1 is 1.00 bits per heavy atom. The van der Waals surface area contributed by atoms with Crippen molar-refractivity contribution in [3.63, 3.8) is 0 Å². The normalized spacial score (nSPS) is 14.8. The van der Waals surface area contributed by atoms with Crippen LogP contribution in [0.2, 0.25) is 0 Å². The molecule has 0 aliphatic heterocycles. The van der Waals surface area contributed by atoms with E-state index in [4.69, 9.17) is 22.3 Å². The number of aliphatic hydroxyl groups excluding tert-OH is 1. The number of nitrogens with two attached hydrogens (primary N) is 3. The lowest BCUT2D eigenvalue weighted by Crippen LogP contribution is -2.59. The van der Waals surface area contributed by atoms with Gasteiger partial charge in [0.05, 0.1) is 18.6 Å². The summed E-state index contributed by atoms with van der Waals surface area (Å²) in [4.78, 5) is 58.2. The van der Waals surface area contributed by atoms with Gasteiger partial charge in [-0.1, -0.05) is 0 Å². The van der Waals surface area contributed by atoms with Gasteiger partial charge in [-0.3, -0.25) is 24.0 Å². The largest absolute Gasteiger partial charge is 0.480 e. The van der Waals surface area contributed by atoms with Crippen molar-refractivity contribution in [1.29, 1.82) is 0 Å². The average Bonchev–Trinajstić information content (AvgIpc) is 2.62. The van der Waals surface area contributed by atoms with Crippen LogP contribution in [0.4, 0.5) is 0 Å². The van der Waals surface area contributed by atoms with E-state index in [0.29, 0.717) is 19.4 Å². The highest BCUT2D eigenvalue weighted by Crippen LogP contribution is 2.04. The van der Waals surface area contributed by atoms with E-state index in [1.165, 1.54) is 6.92 Å². The maximum absolute atomic E-state index is 12.5. The monoisotopic (exact) mass is 418 g/mol. The Kier molecular flexibility index (Phi) is 12.1. The molecule has 166 valence electrons. The number of carbonyl (C=O) groups is 5. The van der Waals surface area contributed by atoms with E-state index in [1.807, 2.05) is 0 Å². The zero-order valence-corrected chi connectivity index (χ0v) is 16.2. The lowest BCUT2D eigenvalue weighted by molar-refractivity contribution is -0.138. The lowest BCUT2D eigenvalue weighted by atomic mass is 10.1. The maximum Gasteiger partial charge on any atom is 0.322 e. The first-order valence-electron chi connectivity index (χ1n) is 9.01. The molecular weight excluding hydrogens is 388 g/mol. The molecule has 0 aromatic rings. The quantitative estimate of drug-likeness (QED) is 0.128. The first-order valence-corrected chi connectivity index (χ1v) is 9.01. The van der Waals surface area contributed by atoms with Gasteiger partial charge in [-0.25, -0.2) is 0 Å². The topological polar surface area (TPSA) is 240 Å². The molecule has 0 aliphatic rings. The molecule has 4 amide bonds. The number of primary amides is 1. The van der Waals surface area contributed by atoms with Gasteiger partial charge in [0.1, 0.15) is 18.6 Å². The highest BCUT2D eigenvalue weighted by atomic mass is 16.4. The van der Waals surface area contributed by atoms with Gasteiger partial charge in [0.2, 0.25) is 23.6 Å². The predicted molar refractivity (Wildman–Crippen MR) is 101 cm³/mol. The second kappa shape index (κ2) is 13.4. The van der Waals surface area contributed by atoms with Crippen LogP contribution in [0.5, 0.6) is 0 Å². The summed E-state index contributed by atoms with van der Waals surface area (Å²) in [5.41, 5.74) is 15.9. The molecule has 0 fully saturated rings. The first kappa shape index (κ1) is 26.2. The zero-order chi connectivity index (χ0) is 22.6. The number of aliphatic hydroxyl groups is 1. The number of hydrogen-bond donors (Lipinski definition) is 8. The van der Waals surface area contributed by atoms with Crippen molar-refractivity contribution in [2.24, 2.45) is 17.2 Å². The summed E-state index contributed by atoms with van der Waals surface area (Å²) in [5, 5.41) is 25.2. The van der Waals surface area contributed by atoms with Gasteiger partial charge < -0.3 is 43.4 Å². The third kappa shape index (κ3) is 11.0. The van der Waals surface area contributed by atoms with Crippen molar-refractivity contribution >= 4 is 29.6 Å². The minimum Gasteiger partial charge on any atom is -0.480 e. The fourth-order valence-electron chi connectivity index (χ4n) is 2.28. The van der Waals surface area contributed by atoms with Crippen LogP contribution in [0.15, 0.2) is 0 Å². The van der Waals surface area contributed by atoms with Crippen LogP contribution in [-0.2, 0) is 24.0 Å². The van der Waals surface area contributed by atoms with Gasteiger partial charge in [-0.05, 0) is 32.7 Å². The summed E-state index contributed by atoms with van der Waals surface area (Å²) in [5.74, 6) is -4.59. The van der Waals surface area contributed by atoms with E-state index in [-0.39, 0.29) is 6.42 Å². The molecule has 0 radical (unpaired) electrons. The molecule has 29 heavy (non-hydrogen) atoms. The Morgan fingerprint density at radius 3 is 2.10 bits per heavy atom. The Hall–Kier alpha value is -2.77. The van der Waals surface area contributed by atoms with Crippen molar-refractivity contribution in [2.45, 2.75) is 56.8 Å². The second-order valence-electron chi connectivity index (χ2n) is 6.46. The number of hydrogen-bond acceptors (Lipinski definition) is 8. The van der Waals surface area contributed by atoms with E-state index in [9.17, 15) is 29.1 Å². The van der Waals surface area contributed by atoms with Gasteiger partial charge in [-0.2, -0.15) is 0 Å². The number of rotatable bonds is 14. The molecule has 0 aromatic heterocycles. The molecule has 0 rings (SSSR count). The number of amides is 4. The number of carbonyl (C=O) groups excluding carboxylic acids is 4. The molecule has 4 atom stereocenters. The third-order valence-electron chi connectivity index (χ3n) is 3.81. The molecule has 11 N–H and O–H groups in total. The summed E-state index contributed by atoms with van der Waals surface area (Å²) in [6.45, 7) is 0.959. The highest BCUT2D eigenvalue weighted by molar-refractivity contribution is 5.94. The van der Waals surface area contributed by atoms with Crippen LogP contribution in [0, 0.1) is 0 Å². The van der Waals surface area contributed by atoms with Gasteiger partial charge in [0.25, 0.3) is 0 Å². The Morgan fingerprint density at radius 2 is 1.62 bits per heavy atom. The van der Waals surface area contributed by atoms with Crippen LogP contribution in [0.1, 0.15) is 32.6 Å². The fourth-order valence-corrected chi connectivity index (χ4v) is 2.28. The molecule has 13 nitrogen and oxygen atoms in total. The zero-order valence-electron chi connectivity index (χ0n) is 16.2. The smallest absolute Gasteiger partial charge is 0.322 e. The van der Waals surface area contributed by atoms with Gasteiger partial charge in [0, 0.05) is 0 Å². The van der Waals surface area contributed by atoms with Crippen molar-refractivity contribution in [3.8, 4) is 0 Å². The fraction of sp³-hybridized carbons (Fsp3) is 0.688. The molecule has 0 spiro atoms. The first-order chi connectivity index (χ1) is 13.5. The number of unbranched alkanes of at least 4 members (excludes halogenated alkanes) is 1. The molecule has 0 saturated heterocycles. The van der Waals surface area contributed by atoms with Crippen LogP contribution in [-0.4, -0.2) is 77.1 Å². The van der Waals surface area contributed by atoms with Crippen molar-refractivity contribution in [3.05, 3.63) is 0 Å². The number of nitrogens with one attached hydrogen (secondary N) is 3. The van der Waals surface area contributed by atoms with Crippen LogP contribution < -0.4 is 33.2 Å². The Bertz CT molecular complexity index is 598. The second-order valence-corrected chi connectivity index (χ2v) is 6.46. The molecular formula is C16H30N6O7. The van der Waals surface area contributed by atoms with Gasteiger partial charge >= 0.3 is 5.97 Å². The number of aliphatic carboxylic acids is 1. The highest BCUT2D eigenvalue weighted by Gasteiger charge is 2.31. The van der Waals surface area contributed by atoms with Crippen molar-refractivity contribution < 1.29 is 34.2 Å². The minimum atomic E-state index is -1.47. The van der Waals surface area contributed by atoms with Gasteiger partial charge in [-0.15, -0.1) is 0 Å². The molecule has 4 unspecified atom stereocenters. The molecule has 13 heteroatoms. The van der Waals surface area contributed by atoms with Crippen molar-refractivity contribution in [1.82, 2.24) is 16.0 Å². The van der Waals surface area contributed by atoms with E-state index in [0.717, 1.165) is 0 Å². The van der Waals surface area contributed by atoms with Crippen molar-refractivity contribution in [2.75, 3.05) is 13.1 Å². The van der Waals surface area contributed by atoms with E-state index in [2.05, 4.69) is 16.0 Å². The average molecular weight is 418 g/mol. The standard InChI is InChI=1S/C16H30N6O7/c1-8(23)13(22-14(27)9(18)6-11(19)24)16(29)21-10(4-2-3-5-17)15(28)20-7-12(25)26/h8-10,13,23H,2-7,17-18H2,1H3,(H2,19,24)(H,20,28)(H,21,29)(H,22,27)(H,25,26). The van der Waals surface area contributed by atoms with E-state index < -0.39 is 66.8 Å². The molecule has 0 heterocycles. The summed E-state index contributed by atoms with van der Waals surface area (Å²) in [7, 11) is 0. The van der Waals surface area contributed by atoms with Crippen LogP contribution in [0.3, 0.4) is 0 Å². The summed E-state index contributed by atoms with van der Waals surface area (Å²) in [6.07, 6.45) is -0.615. The Balaban J connectivity index is 5.15. The molecule has 0 saturated carbocycles. The Labute approximate surface area is 167 Å². The minimum absolute atomic E-state index is 0.163. The SMILES string of the molecule is CC(O)C(NC(=O)C(N)CC(N)=O)C(=O)NC(CCCCN)C(=O)NCC(=O)O. The summed E-state index contributed by atoms with van der Waals surface area (Å²) < 4.78 is 0. The van der Waals surface area contributed by atoms with Crippen LogP contribution in [0.25, 0.3) is 0 Å². The lowest BCUT2D eigenvalue weighted by Gasteiger charge is -2.25. The predicted octanol–water partition coefficient (Wildman–Crippen LogP) is -4.13. The van der Waals surface area contributed by atoms with Crippen LogP contribution >= 0.6 is 0 Å². The van der Waals surface area contributed by atoms with E-state index in [1.54, 1.807) is 0 Å². The molecule has 0 bridgehead atoms. The van der Waals surface area contributed by atoms with E-state index >= 15 is 0 Å². The summed E-state index contributed by atoms with van der Waals surface area (Å²) >= 11 is 0. The number of carboxylic acids is 1. The number of carboxylic acid groups (broad SMARTS) is 1. The maximum atomic E-state index is 12.5.